The predicted molar refractivity (Wildman–Crippen MR) is 126 cm³/mol. The van der Waals surface area contributed by atoms with Gasteiger partial charge in [-0.1, -0.05) is 76.4 Å². The number of hydrogen-bond donors (Lipinski definition) is 0. The summed E-state index contributed by atoms with van der Waals surface area (Å²) in [5.74, 6) is 2.09. The normalized spacial score (nSPS) is 9.40. The summed E-state index contributed by atoms with van der Waals surface area (Å²) in [6.45, 7) is 10.5. The van der Waals surface area contributed by atoms with E-state index in [1.807, 2.05) is 55.5 Å². The van der Waals surface area contributed by atoms with E-state index in [-0.39, 0.29) is 5.78 Å². The Morgan fingerprint density at radius 1 is 0.700 bits per heavy atom. The van der Waals surface area contributed by atoms with E-state index in [0.717, 1.165) is 11.3 Å². The second-order valence-corrected chi connectivity index (χ2v) is 6.91. The first-order valence-electron chi connectivity index (χ1n) is 10.5. The molecule has 3 rings (SSSR count). The molecule has 160 valence electrons. The zero-order valence-corrected chi connectivity index (χ0v) is 19.1. The van der Waals surface area contributed by atoms with Crippen LogP contribution in [0.15, 0.2) is 72.8 Å². The van der Waals surface area contributed by atoms with Gasteiger partial charge in [0.25, 0.3) is 0 Å². The molecule has 3 nitrogen and oxygen atoms in total. The Morgan fingerprint density at radius 2 is 1.17 bits per heavy atom. The molecule has 0 radical (unpaired) electrons. The minimum Gasteiger partial charge on any atom is -0.497 e. The summed E-state index contributed by atoms with van der Waals surface area (Å²) < 4.78 is 11.0. The molecule has 30 heavy (non-hydrogen) atoms. The van der Waals surface area contributed by atoms with Gasteiger partial charge in [0.15, 0.2) is 5.78 Å². The molecule has 0 saturated carbocycles. The van der Waals surface area contributed by atoms with Crippen molar-refractivity contribution in [3.05, 3.63) is 89.5 Å². The van der Waals surface area contributed by atoms with Crippen LogP contribution < -0.4 is 9.47 Å². The van der Waals surface area contributed by atoms with Crippen LogP contribution in [-0.2, 0) is 0 Å². The van der Waals surface area contributed by atoms with Crippen LogP contribution in [0.3, 0.4) is 0 Å². The summed E-state index contributed by atoms with van der Waals surface area (Å²) in [5.41, 5.74) is 2.45. The predicted octanol–water partition coefficient (Wildman–Crippen LogP) is 7.86. The Balaban J connectivity index is 0.000000672. The topological polar surface area (TPSA) is 35.5 Å². The average molecular weight is 407 g/mol. The van der Waals surface area contributed by atoms with E-state index >= 15 is 0 Å². The van der Waals surface area contributed by atoms with Crippen molar-refractivity contribution < 1.29 is 14.3 Å². The lowest BCUT2D eigenvalue weighted by Gasteiger charge is -2.08. The number of hydrogen-bond acceptors (Lipinski definition) is 3. The molecule has 0 atom stereocenters. The quantitative estimate of drug-likeness (QED) is 0.405. The van der Waals surface area contributed by atoms with E-state index in [2.05, 4.69) is 27.7 Å². The molecule has 0 fully saturated rings. The molecule has 0 bridgehead atoms. The molecule has 3 heteroatoms. The van der Waals surface area contributed by atoms with E-state index in [0.29, 0.717) is 22.6 Å². The van der Waals surface area contributed by atoms with Crippen LogP contribution in [0.2, 0.25) is 0 Å². The second kappa shape index (κ2) is 14.0. The maximum absolute atomic E-state index is 12.5. The van der Waals surface area contributed by atoms with Gasteiger partial charge < -0.3 is 9.47 Å². The highest BCUT2D eigenvalue weighted by atomic mass is 16.5. The van der Waals surface area contributed by atoms with Gasteiger partial charge in [-0.05, 0) is 43.3 Å². The molecule has 0 aliphatic rings. The number of rotatable bonds is 5. The summed E-state index contributed by atoms with van der Waals surface area (Å²) in [6, 6.07) is 22.1. The summed E-state index contributed by atoms with van der Waals surface area (Å²) in [5, 5.41) is 0. The molecule has 0 N–H and O–H groups in total. The molecule has 3 aromatic rings. The third kappa shape index (κ3) is 8.52. The van der Waals surface area contributed by atoms with Gasteiger partial charge in [0.2, 0.25) is 0 Å². The van der Waals surface area contributed by atoms with E-state index in [9.17, 15) is 4.79 Å². The molecule has 0 heterocycles. The molecule has 0 aromatic heterocycles. The van der Waals surface area contributed by atoms with Gasteiger partial charge in [0.05, 0.1) is 7.11 Å². The van der Waals surface area contributed by atoms with Gasteiger partial charge in [-0.2, -0.15) is 0 Å². The monoisotopic (exact) mass is 406 g/mol. The molecule has 0 aliphatic carbocycles. The number of carbonyl (C=O) groups excluding carboxylic acids is 1. The molecular formula is C27H34O3. The van der Waals surface area contributed by atoms with Crippen LogP contribution in [0.4, 0.5) is 0 Å². The van der Waals surface area contributed by atoms with E-state index in [1.54, 1.807) is 31.4 Å². The van der Waals surface area contributed by atoms with Crippen molar-refractivity contribution in [3.63, 3.8) is 0 Å². The van der Waals surface area contributed by atoms with Gasteiger partial charge in [-0.15, -0.1) is 0 Å². The zero-order valence-electron chi connectivity index (χ0n) is 19.1. The van der Waals surface area contributed by atoms with Crippen molar-refractivity contribution in [2.45, 2.75) is 47.5 Å². The van der Waals surface area contributed by atoms with E-state index in [1.165, 1.54) is 12.8 Å². The number of methoxy groups -OCH3 is 1. The number of ether oxygens (including phenoxy) is 2. The Labute approximate surface area is 181 Å². The van der Waals surface area contributed by atoms with Crippen molar-refractivity contribution in [1.82, 2.24) is 0 Å². The summed E-state index contributed by atoms with van der Waals surface area (Å²) in [7, 11) is 1.62. The first-order valence-corrected chi connectivity index (χ1v) is 10.5. The third-order valence-corrected chi connectivity index (χ3v) is 3.71. The first-order chi connectivity index (χ1) is 14.5. The van der Waals surface area contributed by atoms with Crippen molar-refractivity contribution in [2.75, 3.05) is 7.11 Å². The van der Waals surface area contributed by atoms with Gasteiger partial charge in [-0.25, -0.2) is 0 Å². The summed E-state index contributed by atoms with van der Waals surface area (Å²) >= 11 is 0. The number of benzene rings is 3. The van der Waals surface area contributed by atoms with E-state index < -0.39 is 0 Å². The fourth-order valence-corrected chi connectivity index (χ4v) is 2.35. The lowest BCUT2D eigenvalue weighted by Crippen LogP contribution is -2.00. The highest BCUT2D eigenvalue weighted by Crippen LogP contribution is 2.25. The minimum absolute atomic E-state index is 0.00271. The van der Waals surface area contributed by atoms with Crippen molar-refractivity contribution >= 4 is 5.78 Å². The Hall–Kier alpha value is -3.07. The fourth-order valence-electron chi connectivity index (χ4n) is 2.35. The van der Waals surface area contributed by atoms with Crippen LogP contribution in [-0.4, -0.2) is 12.9 Å². The molecule has 0 unspecified atom stereocenters. The van der Waals surface area contributed by atoms with Crippen LogP contribution in [0.25, 0.3) is 0 Å². The number of ketones is 1. The molecular weight excluding hydrogens is 372 g/mol. The number of aryl methyl sites for hydroxylation is 1. The Morgan fingerprint density at radius 3 is 1.67 bits per heavy atom. The molecule has 0 amide bonds. The standard InChI is InChI=1S/C21H18O3.2C3H8/c1-15-6-8-16(9-7-15)21(22)17-10-12-18(13-11-17)24-20-5-3-4-19(14-20)23-2;2*1-3-2/h3-14H,1-2H3;2*3H2,1-2H3. The summed E-state index contributed by atoms with van der Waals surface area (Å²) in [4.78, 5) is 12.5. The zero-order chi connectivity index (χ0) is 22.4. The SMILES string of the molecule is CCC.CCC.COc1cccc(Oc2ccc(C(=O)c3ccc(C)cc3)cc2)c1. The second-order valence-electron chi connectivity index (χ2n) is 6.91. The minimum atomic E-state index is 0.00271. The maximum Gasteiger partial charge on any atom is 0.193 e. The largest absolute Gasteiger partial charge is 0.497 e. The van der Waals surface area contributed by atoms with E-state index in [4.69, 9.17) is 9.47 Å². The molecule has 0 spiro atoms. The van der Waals surface area contributed by atoms with Crippen LogP contribution >= 0.6 is 0 Å². The highest BCUT2D eigenvalue weighted by molar-refractivity contribution is 6.09. The first kappa shape index (κ1) is 25.0. The third-order valence-electron chi connectivity index (χ3n) is 3.71. The molecule has 0 saturated heterocycles. The Kier molecular flexibility index (Phi) is 11.7. The Bertz CT molecular complexity index is 863. The molecule has 0 aliphatic heterocycles. The van der Waals surface area contributed by atoms with Crippen molar-refractivity contribution in [2.24, 2.45) is 0 Å². The molecule has 3 aromatic carbocycles. The average Bonchev–Trinajstić information content (AvgIpc) is 2.76. The summed E-state index contributed by atoms with van der Waals surface area (Å²) in [6.07, 6.45) is 2.50. The fraction of sp³-hybridized carbons (Fsp3) is 0.296. The van der Waals surface area contributed by atoms with Crippen molar-refractivity contribution in [1.29, 1.82) is 0 Å². The van der Waals surface area contributed by atoms with Gasteiger partial charge in [0.1, 0.15) is 17.2 Å². The van der Waals surface area contributed by atoms with Crippen LogP contribution in [0.5, 0.6) is 17.2 Å². The van der Waals surface area contributed by atoms with Crippen molar-refractivity contribution in [3.8, 4) is 17.2 Å². The van der Waals surface area contributed by atoms with Gasteiger partial charge >= 0.3 is 0 Å². The smallest absolute Gasteiger partial charge is 0.193 e. The maximum atomic E-state index is 12.5. The van der Waals surface area contributed by atoms with Crippen LogP contribution in [0, 0.1) is 6.92 Å². The number of carbonyl (C=O) groups is 1. The lowest BCUT2D eigenvalue weighted by atomic mass is 10.0. The highest BCUT2D eigenvalue weighted by Gasteiger charge is 2.09. The van der Waals surface area contributed by atoms with Gasteiger partial charge in [-0.3, -0.25) is 4.79 Å². The lowest BCUT2D eigenvalue weighted by molar-refractivity contribution is 0.103. The van der Waals surface area contributed by atoms with Gasteiger partial charge in [0, 0.05) is 17.2 Å². The van der Waals surface area contributed by atoms with Crippen LogP contribution in [0.1, 0.15) is 62.0 Å².